The van der Waals surface area contributed by atoms with Crippen molar-refractivity contribution in [2.24, 2.45) is 0 Å². The number of piperidine rings is 1. The maximum atomic E-state index is 13.3. The minimum Gasteiger partial charge on any atom is -0.354 e. The summed E-state index contributed by atoms with van der Waals surface area (Å²) < 4.78 is 0. The molecule has 2 aliphatic heterocycles. The lowest BCUT2D eigenvalue weighted by molar-refractivity contribution is -0.128. The van der Waals surface area contributed by atoms with Crippen molar-refractivity contribution in [3.63, 3.8) is 0 Å². The minimum atomic E-state index is -0.485. The molecule has 4 nitrogen and oxygen atoms in total. The Balaban J connectivity index is 1.83. The van der Waals surface area contributed by atoms with E-state index in [-0.39, 0.29) is 17.9 Å². The summed E-state index contributed by atoms with van der Waals surface area (Å²) in [6, 6.07) is 12.1. The van der Waals surface area contributed by atoms with Crippen molar-refractivity contribution < 1.29 is 9.59 Å². The minimum absolute atomic E-state index is 0.0981. The molecule has 2 heterocycles. The van der Waals surface area contributed by atoms with Crippen molar-refractivity contribution in [1.82, 2.24) is 10.2 Å². The molecular formula is C20H18Cl2N2O2. The molecule has 2 aromatic rings. The highest BCUT2D eigenvalue weighted by Gasteiger charge is 2.41. The molecule has 2 amide bonds. The van der Waals surface area contributed by atoms with Crippen LogP contribution in [0.25, 0.3) is 0 Å². The Bertz CT molecular complexity index is 884. The summed E-state index contributed by atoms with van der Waals surface area (Å²) in [7, 11) is 0. The fraction of sp³-hybridized carbons (Fsp3) is 0.300. The van der Waals surface area contributed by atoms with E-state index in [0.717, 1.165) is 17.5 Å². The van der Waals surface area contributed by atoms with Gasteiger partial charge in [-0.25, -0.2) is 0 Å². The first-order chi connectivity index (χ1) is 12.6. The maximum Gasteiger partial charge on any atom is 0.255 e. The monoisotopic (exact) mass is 388 g/mol. The fourth-order valence-electron chi connectivity index (χ4n) is 3.91. The highest BCUT2D eigenvalue weighted by Crippen LogP contribution is 2.39. The highest BCUT2D eigenvalue weighted by molar-refractivity contribution is 6.35. The van der Waals surface area contributed by atoms with Gasteiger partial charge in [-0.1, -0.05) is 47.5 Å². The second-order valence-corrected chi connectivity index (χ2v) is 7.55. The molecule has 1 saturated heterocycles. The summed E-state index contributed by atoms with van der Waals surface area (Å²) in [5.41, 5.74) is 2.45. The molecule has 1 N–H and O–H groups in total. The lowest BCUT2D eigenvalue weighted by Crippen LogP contribution is -2.55. The standard InChI is InChI=1S/C20H18Cl2N2O2/c21-13-7-8-15(16(22)11-13)18-10-12-4-1-2-5-14(12)20(26)24(18)17-6-3-9-23-19(17)25/h1-2,4-5,7-8,11,17-18H,3,6,9-10H2,(H,23,25). The molecule has 2 unspecified atom stereocenters. The predicted octanol–water partition coefficient (Wildman–Crippen LogP) is 4.01. The van der Waals surface area contributed by atoms with Crippen LogP contribution in [0.2, 0.25) is 10.0 Å². The van der Waals surface area contributed by atoms with Gasteiger partial charge in [0.25, 0.3) is 5.91 Å². The van der Waals surface area contributed by atoms with Crippen molar-refractivity contribution in [2.75, 3.05) is 6.54 Å². The molecule has 0 aliphatic carbocycles. The molecule has 0 spiro atoms. The Hall–Kier alpha value is -2.04. The number of carbonyl (C=O) groups excluding carboxylic acids is 2. The van der Waals surface area contributed by atoms with Gasteiger partial charge in [0, 0.05) is 22.2 Å². The van der Waals surface area contributed by atoms with Crippen molar-refractivity contribution in [3.8, 4) is 0 Å². The van der Waals surface area contributed by atoms with Crippen LogP contribution < -0.4 is 5.32 Å². The fourth-order valence-corrected chi connectivity index (χ4v) is 4.44. The smallest absolute Gasteiger partial charge is 0.255 e. The number of hydrogen-bond donors (Lipinski definition) is 1. The molecule has 6 heteroatoms. The van der Waals surface area contributed by atoms with Crippen LogP contribution in [0.4, 0.5) is 0 Å². The lowest BCUT2D eigenvalue weighted by Gasteiger charge is -2.42. The zero-order valence-electron chi connectivity index (χ0n) is 14.0. The van der Waals surface area contributed by atoms with Gasteiger partial charge in [-0.3, -0.25) is 9.59 Å². The van der Waals surface area contributed by atoms with E-state index in [1.54, 1.807) is 17.0 Å². The molecule has 0 saturated carbocycles. The van der Waals surface area contributed by atoms with E-state index in [1.807, 2.05) is 30.3 Å². The number of rotatable bonds is 2. The van der Waals surface area contributed by atoms with Gasteiger partial charge in [-0.15, -0.1) is 0 Å². The van der Waals surface area contributed by atoms with E-state index < -0.39 is 6.04 Å². The third kappa shape index (κ3) is 2.97. The zero-order chi connectivity index (χ0) is 18.3. The molecule has 26 heavy (non-hydrogen) atoms. The van der Waals surface area contributed by atoms with Crippen LogP contribution in [0.15, 0.2) is 42.5 Å². The van der Waals surface area contributed by atoms with E-state index in [2.05, 4.69) is 5.32 Å². The topological polar surface area (TPSA) is 49.4 Å². The molecular weight excluding hydrogens is 371 g/mol. The van der Waals surface area contributed by atoms with Gasteiger partial charge in [0.15, 0.2) is 0 Å². The SMILES string of the molecule is O=C1NCCCC1N1C(=O)c2ccccc2CC1c1ccc(Cl)cc1Cl. The molecule has 0 radical (unpaired) electrons. The van der Waals surface area contributed by atoms with E-state index in [4.69, 9.17) is 23.2 Å². The maximum absolute atomic E-state index is 13.3. The summed E-state index contributed by atoms with van der Waals surface area (Å²) >= 11 is 12.5. The van der Waals surface area contributed by atoms with Crippen molar-refractivity contribution in [2.45, 2.75) is 31.3 Å². The summed E-state index contributed by atoms with van der Waals surface area (Å²) in [5.74, 6) is -0.219. The summed E-state index contributed by atoms with van der Waals surface area (Å²) in [6.07, 6.45) is 2.12. The van der Waals surface area contributed by atoms with Crippen molar-refractivity contribution >= 4 is 35.0 Å². The van der Waals surface area contributed by atoms with Crippen LogP contribution in [-0.2, 0) is 11.2 Å². The Morgan fingerprint density at radius 3 is 2.62 bits per heavy atom. The molecule has 0 bridgehead atoms. The van der Waals surface area contributed by atoms with Gasteiger partial charge in [-0.2, -0.15) is 0 Å². The van der Waals surface area contributed by atoms with E-state index >= 15 is 0 Å². The average molecular weight is 389 g/mol. The second kappa shape index (κ2) is 6.93. The van der Waals surface area contributed by atoms with Gasteiger partial charge in [0.1, 0.15) is 6.04 Å². The number of nitrogens with one attached hydrogen (secondary N) is 1. The Morgan fingerprint density at radius 1 is 1.04 bits per heavy atom. The van der Waals surface area contributed by atoms with Gasteiger partial charge in [0.05, 0.1) is 6.04 Å². The Kier molecular flexibility index (Phi) is 4.63. The third-order valence-corrected chi connectivity index (χ3v) is 5.71. The summed E-state index contributed by atoms with van der Waals surface area (Å²) in [6.45, 7) is 0.653. The number of benzene rings is 2. The van der Waals surface area contributed by atoms with Crippen LogP contribution in [-0.4, -0.2) is 29.3 Å². The van der Waals surface area contributed by atoms with Crippen molar-refractivity contribution in [1.29, 1.82) is 0 Å². The van der Waals surface area contributed by atoms with Gasteiger partial charge in [-0.05, 0) is 48.6 Å². The number of amides is 2. The summed E-state index contributed by atoms with van der Waals surface area (Å²) in [4.78, 5) is 27.5. The normalized spacial score (nSPS) is 22.8. The van der Waals surface area contributed by atoms with Crippen LogP contribution in [0, 0.1) is 0 Å². The largest absolute Gasteiger partial charge is 0.354 e. The Labute approximate surface area is 162 Å². The van der Waals surface area contributed by atoms with E-state index in [0.29, 0.717) is 35.0 Å². The zero-order valence-corrected chi connectivity index (χ0v) is 15.6. The van der Waals surface area contributed by atoms with Crippen LogP contribution in [0.3, 0.4) is 0 Å². The third-order valence-electron chi connectivity index (χ3n) is 5.14. The van der Waals surface area contributed by atoms with E-state index in [9.17, 15) is 9.59 Å². The first-order valence-electron chi connectivity index (χ1n) is 8.69. The first kappa shape index (κ1) is 17.4. The number of nitrogens with zero attached hydrogens (tertiary/aromatic N) is 1. The predicted molar refractivity (Wildman–Crippen MR) is 102 cm³/mol. The molecule has 2 aromatic carbocycles. The second-order valence-electron chi connectivity index (χ2n) is 6.70. The van der Waals surface area contributed by atoms with Crippen LogP contribution in [0.1, 0.15) is 40.4 Å². The molecule has 2 atom stereocenters. The highest BCUT2D eigenvalue weighted by atomic mass is 35.5. The van der Waals surface area contributed by atoms with Gasteiger partial charge in [0.2, 0.25) is 5.91 Å². The quantitative estimate of drug-likeness (QED) is 0.844. The molecule has 1 fully saturated rings. The molecule has 0 aromatic heterocycles. The van der Waals surface area contributed by atoms with E-state index in [1.165, 1.54) is 0 Å². The lowest BCUT2D eigenvalue weighted by atomic mass is 9.87. The molecule has 134 valence electrons. The van der Waals surface area contributed by atoms with Gasteiger partial charge >= 0.3 is 0 Å². The average Bonchev–Trinajstić information content (AvgIpc) is 2.63. The van der Waals surface area contributed by atoms with Crippen LogP contribution >= 0.6 is 23.2 Å². The number of hydrogen-bond acceptors (Lipinski definition) is 2. The molecule has 2 aliphatic rings. The summed E-state index contributed by atoms with van der Waals surface area (Å²) in [5, 5.41) is 3.94. The number of fused-ring (bicyclic) bond motifs is 1. The number of halogens is 2. The Morgan fingerprint density at radius 2 is 1.85 bits per heavy atom. The van der Waals surface area contributed by atoms with Gasteiger partial charge < -0.3 is 10.2 Å². The van der Waals surface area contributed by atoms with Crippen molar-refractivity contribution in [3.05, 3.63) is 69.2 Å². The number of carbonyl (C=O) groups is 2. The molecule has 4 rings (SSSR count). The first-order valence-corrected chi connectivity index (χ1v) is 9.45. The van der Waals surface area contributed by atoms with Crippen LogP contribution in [0.5, 0.6) is 0 Å².